The third-order valence-corrected chi connectivity index (χ3v) is 3.88. The molecule has 3 N–H and O–H groups in total. The maximum Gasteiger partial charge on any atom is 0.255 e. The summed E-state index contributed by atoms with van der Waals surface area (Å²) in [5, 5.41) is 8.82. The number of para-hydroxylation sites is 2. The second-order valence-electron chi connectivity index (χ2n) is 5.66. The Hall–Kier alpha value is -3.06. The Labute approximate surface area is 159 Å². The Morgan fingerprint density at radius 2 is 1.11 bits per heavy atom. The van der Waals surface area contributed by atoms with Crippen molar-refractivity contribution in [3.8, 4) is 11.5 Å². The number of nitrogens with one attached hydrogen (secondary N) is 3. The fourth-order valence-corrected chi connectivity index (χ4v) is 2.51. The summed E-state index contributed by atoms with van der Waals surface area (Å²) in [7, 11) is 3.07. The van der Waals surface area contributed by atoms with Crippen LogP contribution in [0.15, 0.2) is 48.5 Å². The predicted octanol–water partition coefficient (Wildman–Crippen LogP) is 1.45. The molecule has 144 valence electrons. The van der Waals surface area contributed by atoms with E-state index in [4.69, 9.17) is 9.47 Å². The minimum absolute atomic E-state index is 0.182. The Bertz CT molecular complexity index is 701. The molecule has 0 heterocycles. The summed E-state index contributed by atoms with van der Waals surface area (Å²) in [6.45, 7) is 2.12. The smallest absolute Gasteiger partial charge is 0.255 e. The van der Waals surface area contributed by atoms with Crippen molar-refractivity contribution < 1.29 is 19.1 Å². The van der Waals surface area contributed by atoms with E-state index in [-0.39, 0.29) is 11.8 Å². The van der Waals surface area contributed by atoms with Crippen LogP contribution in [0.25, 0.3) is 0 Å². The average Bonchev–Trinajstić information content (AvgIpc) is 2.72. The van der Waals surface area contributed by atoms with Crippen molar-refractivity contribution in [2.24, 2.45) is 0 Å². The summed E-state index contributed by atoms with van der Waals surface area (Å²) in [4.78, 5) is 24.3. The molecule has 0 saturated heterocycles. The summed E-state index contributed by atoms with van der Waals surface area (Å²) in [6.07, 6.45) is 0. The molecule has 0 aliphatic carbocycles. The highest BCUT2D eigenvalue weighted by Gasteiger charge is 2.11. The summed E-state index contributed by atoms with van der Waals surface area (Å²) in [5.74, 6) is 0.724. The Kier molecular flexibility index (Phi) is 8.12. The highest BCUT2D eigenvalue weighted by molar-refractivity contribution is 5.97. The number of carbonyl (C=O) groups is 2. The van der Waals surface area contributed by atoms with Crippen molar-refractivity contribution in [3.05, 3.63) is 59.7 Å². The van der Waals surface area contributed by atoms with Crippen molar-refractivity contribution in [2.75, 3.05) is 40.4 Å². The van der Waals surface area contributed by atoms with Gasteiger partial charge in [-0.1, -0.05) is 24.3 Å². The molecule has 2 rings (SSSR count). The van der Waals surface area contributed by atoms with Crippen LogP contribution in [0.4, 0.5) is 0 Å². The molecule has 2 aromatic rings. The molecular formula is C20H25N3O4. The number of ether oxygens (including phenoxy) is 2. The van der Waals surface area contributed by atoms with E-state index in [2.05, 4.69) is 16.0 Å². The van der Waals surface area contributed by atoms with Gasteiger partial charge in [0.15, 0.2) is 0 Å². The third kappa shape index (κ3) is 6.00. The Morgan fingerprint density at radius 1 is 0.704 bits per heavy atom. The van der Waals surface area contributed by atoms with Crippen molar-refractivity contribution >= 4 is 11.8 Å². The highest BCUT2D eigenvalue weighted by Crippen LogP contribution is 2.17. The van der Waals surface area contributed by atoms with Crippen LogP contribution < -0.4 is 25.4 Å². The second-order valence-corrected chi connectivity index (χ2v) is 5.66. The van der Waals surface area contributed by atoms with E-state index in [1.807, 2.05) is 12.1 Å². The molecule has 0 aromatic heterocycles. The molecule has 0 fully saturated rings. The topological polar surface area (TPSA) is 88.7 Å². The lowest BCUT2D eigenvalue weighted by atomic mass is 10.2. The van der Waals surface area contributed by atoms with Gasteiger partial charge >= 0.3 is 0 Å². The van der Waals surface area contributed by atoms with Crippen LogP contribution in [-0.2, 0) is 0 Å². The fourth-order valence-electron chi connectivity index (χ4n) is 2.51. The zero-order valence-electron chi connectivity index (χ0n) is 15.6. The fraction of sp³-hybridized carbons (Fsp3) is 0.300. The summed E-state index contributed by atoms with van der Waals surface area (Å²) in [5.41, 5.74) is 1.01. The first-order chi connectivity index (χ1) is 13.2. The zero-order valence-corrected chi connectivity index (χ0v) is 15.6. The van der Waals surface area contributed by atoms with E-state index < -0.39 is 0 Å². The van der Waals surface area contributed by atoms with Crippen molar-refractivity contribution in [1.29, 1.82) is 0 Å². The first-order valence-corrected chi connectivity index (χ1v) is 8.70. The molecule has 0 unspecified atom stereocenters. The first-order valence-electron chi connectivity index (χ1n) is 8.70. The van der Waals surface area contributed by atoms with Crippen LogP contribution >= 0.6 is 0 Å². The number of rotatable bonds is 10. The molecule has 0 aliphatic heterocycles. The monoisotopic (exact) mass is 371 g/mol. The Balaban J connectivity index is 1.63. The van der Waals surface area contributed by atoms with E-state index >= 15 is 0 Å². The van der Waals surface area contributed by atoms with Crippen LogP contribution in [0.5, 0.6) is 11.5 Å². The Morgan fingerprint density at radius 3 is 1.52 bits per heavy atom. The van der Waals surface area contributed by atoms with Gasteiger partial charge < -0.3 is 25.4 Å². The number of carbonyl (C=O) groups excluding carboxylic acids is 2. The molecule has 0 bridgehead atoms. The van der Waals surface area contributed by atoms with Crippen molar-refractivity contribution in [1.82, 2.24) is 16.0 Å². The van der Waals surface area contributed by atoms with E-state index in [9.17, 15) is 9.59 Å². The van der Waals surface area contributed by atoms with Crippen LogP contribution in [0.3, 0.4) is 0 Å². The van der Waals surface area contributed by atoms with Gasteiger partial charge in [0.2, 0.25) is 0 Å². The molecule has 7 heteroatoms. The summed E-state index contributed by atoms with van der Waals surface area (Å²) >= 11 is 0. The molecule has 2 amide bonds. The van der Waals surface area contributed by atoms with Gasteiger partial charge in [0.25, 0.3) is 11.8 Å². The largest absolute Gasteiger partial charge is 0.496 e. The highest BCUT2D eigenvalue weighted by atomic mass is 16.5. The van der Waals surface area contributed by atoms with Gasteiger partial charge in [0.1, 0.15) is 11.5 Å². The molecule has 0 radical (unpaired) electrons. The average molecular weight is 371 g/mol. The molecule has 27 heavy (non-hydrogen) atoms. The standard InChI is InChI=1S/C20H25N3O4/c1-26-17-9-5-3-7-15(17)19(24)22-13-11-21-12-14-23-20(25)16-8-4-6-10-18(16)27-2/h3-10,21H,11-14H2,1-2H3,(H,22,24)(H,23,25). The third-order valence-electron chi connectivity index (χ3n) is 3.88. The van der Waals surface area contributed by atoms with Crippen LogP contribution in [0.2, 0.25) is 0 Å². The van der Waals surface area contributed by atoms with Gasteiger partial charge in [-0.25, -0.2) is 0 Å². The van der Waals surface area contributed by atoms with E-state index in [0.29, 0.717) is 48.8 Å². The van der Waals surface area contributed by atoms with Gasteiger partial charge in [0, 0.05) is 26.2 Å². The quantitative estimate of drug-likeness (QED) is 0.550. The maximum atomic E-state index is 12.1. The minimum atomic E-state index is -0.182. The minimum Gasteiger partial charge on any atom is -0.496 e. The lowest BCUT2D eigenvalue weighted by Gasteiger charge is -2.11. The van der Waals surface area contributed by atoms with E-state index in [1.54, 1.807) is 36.4 Å². The zero-order chi connectivity index (χ0) is 19.5. The molecule has 7 nitrogen and oxygen atoms in total. The van der Waals surface area contributed by atoms with Gasteiger partial charge in [-0.05, 0) is 24.3 Å². The molecular weight excluding hydrogens is 346 g/mol. The van der Waals surface area contributed by atoms with Crippen LogP contribution in [-0.4, -0.2) is 52.2 Å². The van der Waals surface area contributed by atoms with Gasteiger partial charge in [-0.15, -0.1) is 0 Å². The second kappa shape index (κ2) is 10.8. The number of hydrogen-bond acceptors (Lipinski definition) is 5. The van der Waals surface area contributed by atoms with E-state index in [0.717, 1.165) is 0 Å². The lowest BCUT2D eigenvalue weighted by Crippen LogP contribution is -2.36. The number of amides is 2. The molecule has 2 aromatic carbocycles. The molecule has 0 saturated carbocycles. The van der Waals surface area contributed by atoms with Crippen LogP contribution in [0, 0.1) is 0 Å². The normalized spacial score (nSPS) is 10.1. The SMILES string of the molecule is COc1ccccc1C(=O)NCCNCCNC(=O)c1ccccc1OC. The molecule has 0 aliphatic rings. The van der Waals surface area contributed by atoms with E-state index in [1.165, 1.54) is 14.2 Å². The van der Waals surface area contributed by atoms with Gasteiger partial charge in [-0.3, -0.25) is 9.59 Å². The van der Waals surface area contributed by atoms with Crippen LogP contribution in [0.1, 0.15) is 20.7 Å². The van der Waals surface area contributed by atoms with Gasteiger partial charge in [0.05, 0.1) is 25.3 Å². The summed E-state index contributed by atoms with van der Waals surface area (Å²) in [6, 6.07) is 14.1. The number of benzene rings is 2. The lowest BCUT2D eigenvalue weighted by molar-refractivity contribution is 0.0945. The molecule has 0 atom stereocenters. The maximum absolute atomic E-state index is 12.1. The predicted molar refractivity (Wildman–Crippen MR) is 104 cm³/mol. The summed E-state index contributed by atoms with van der Waals surface area (Å²) < 4.78 is 10.4. The number of methoxy groups -OCH3 is 2. The molecule has 0 spiro atoms. The van der Waals surface area contributed by atoms with Gasteiger partial charge in [-0.2, -0.15) is 0 Å². The van der Waals surface area contributed by atoms with Crippen molar-refractivity contribution in [3.63, 3.8) is 0 Å². The first kappa shape index (κ1) is 20.3. The van der Waals surface area contributed by atoms with Crippen molar-refractivity contribution in [2.45, 2.75) is 0 Å². The number of hydrogen-bond donors (Lipinski definition) is 3.